The largest absolute Gasteiger partial charge is 0.493 e. The summed E-state index contributed by atoms with van der Waals surface area (Å²) in [6.45, 7) is 3.96. The van der Waals surface area contributed by atoms with Gasteiger partial charge in [-0.1, -0.05) is 6.07 Å². The maximum Gasteiger partial charge on any atom is 0.264 e. The van der Waals surface area contributed by atoms with Crippen LogP contribution in [0.4, 0.5) is 5.13 Å². The van der Waals surface area contributed by atoms with Gasteiger partial charge in [-0.05, 0) is 55.3 Å². The van der Waals surface area contributed by atoms with Crippen LogP contribution in [-0.4, -0.2) is 31.7 Å². The number of anilines is 1. The van der Waals surface area contributed by atoms with E-state index in [2.05, 4.69) is 10.3 Å². The Balaban J connectivity index is 1.62. The number of carbonyl (C=O) groups excluding carboxylic acids is 1. The van der Waals surface area contributed by atoms with Crippen molar-refractivity contribution >= 4 is 22.4 Å². The van der Waals surface area contributed by atoms with Crippen molar-refractivity contribution in [2.45, 2.75) is 13.8 Å². The van der Waals surface area contributed by atoms with Gasteiger partial charge in [-0.3, -0.25) is 10.1 Å². The molecule has 1 aromatic heterocycles. The number of hydrogen-bond acceptors (Lipinski definition) is 6. The fourth-order valence-electron chi connectivity index (χ4n) is 2.57. The molecule has 0 saturated carbocycles. The van der Waals surface area contributed by atoms with Gasteiger partial charge in [0.25, 0.3) is 5.91 Å². The van der Waals surface area contributed by atoms with Crippen molar-refractivity contribution in [3.05, 3.63) is 52.9 Å². The third-order valence-electron chi connectivity index (χ3n) is 4.28. The van der Waals surface area contributed by atoms with E-state index >= 15 is 0 Å². The van der Waals surface area contributed by atoms with E-state index in [0.717, 1.165) is 16.8 Å². The molecule has 1 N–H and O–H groups in total. The van der Waals surface area contributed by atoms with Gasteiger partial charge in [0.05, 0.1) is 19.9 Å². The fourth-order valence-corrected chi connectivity index (χ4v) is 3.30. The van der Waals surface area contributed by atoms with Crippen LogP contribution in [0.2, 0.25) is 0 Å². The smallest absolute Gasteiger partial charge is 0.264 e. The van der Waals surface area contributed by atoms with E-state index in [1.165, 1.54) is 16.9 Å². The molecule has 0 bridgehead atoms. The van der Waals surface area contributed by atoms with Crippen molar-refractivity contribution in [3.8, 4) is 28.5 Å². The molecular weight excluding hydrogens is 376 g/mol. The van der Waals surface area contributed by atoms with E-state index < -0.39 is 0 Å². The number of methoxy groups -OCH3 is 2. The minimum absolute atomic E-state index is 0.0756. The second-order valence-electron chi connectivity index (χ2n) is 6.19. The van der Waals surface area contributed by atoms with Crippen LogP contribution in [-0.2, 0) is 4.79 Å². The third-order valence-corrected chi connectivity index (χ3v) is 5.04. The number of amides is 1. The van der Waals surface area contributed by atoms with Gasteiger partial charge in [0.15, 0.2) is 23.2 Å². The molecule has 0 unspecified atom stereocenters. The first-order valence-electron chi connectivity index (χ1n) is 8.68. The van der Waals surface area contributed by atoms with Gasteiger partial charge in [-0.15, -0.1) is 11.3 Å². The van der Waals surface area contributed by atoms with Crippen LogP contribution in [0.1, 0.15) is 11.1 Å². The van der Waals surface area contributed by atoms with Crippen LogP contribution < -0.4 is 19.5 Å². The highest BCUT2D eigenvalue weighted by molar-refractivity contribution is 7.14. The Hall–Kier alpha value is -3.06. The lowest BCUT2D eigenvalue weighted by Gasteiger charge is -2.08. The van der Waals surface area contributed by atoms with E-state index in [4.69, 9.17) is 14.2 Å². The number of hydrogen-bond donors (Lipinski definition) is 1. The topological polar surface area (TPSA) is 69.7 Å². The van der Waals surface area contributed by atoms with Crippen LogP contribution >= 0.6 is 11.3 Å². The fraction of sp³-hybridized carbons (Fsp3) is 0.238. The van der Waals surface area contributed by atoms with Gasteiger partial charge in [-0.25, -0.2) is 4.98 Å². The Morgan fingerprint density at radius 1 is 1.04 bits per heavy atom. The molecule has 3 rings (SSSR count). The van der Waals surface area contributed by atoms with E-state index in [1.54, 1.807) is 14.2 Å². The minimum atomic E-state index is -0.258. The summed E-state index contributed by atoms with van der Waals surface area (Å²) >= 11 is 1.35. The molecule has 1 amide bonds. The molecule has 0 aliphatic heterocycles. The zero-order valence-electron chi connectivity index (χ0n) is 16.2. The average Bonchev–Trinajstić information content (AvgIpc) is 3.16. The molecule has 6 nitrogen and oxygen atoms in total. The Labute approximate surface area is 168 Å². The number of rotatable bonds is 7. The molecule has 1 heterocycles. The number of aromatic nitrogens is 1. The zero-order valence-corrected chi connectivity index (χ0v) is 17.1. The minimum Gasteiger partial charge on any atom is -0.493 e. The quantitative estimate of drug-likeness (QED) is 0.636. The Bertz CT molecular complexity index is 984. The zero-order chi connectivity index (χ0) is 20.1. The molecule has 0 radical (unpaired) electrons. The molecule has 146 valence electrons. The lowest BCUT2D eigenvalue weighted by molar-refractivity contribution is -0.118. The number of ether oxygens (including phenoxy) is 3. The number of thiazole rings is 1. The van der Waals surface area contributed by atoms with Crippen LogP contribution in [0, 0.1) is 13.8 Å². The monoisotopic (exact) mass is 398 g/mol. The molecule has 0 aliphatic rings. The maximum absolute atomic E-state index is 12.2. The highest BCUT2D eigenvalue weighted by Crippen LogP contribution is 2.33. The summed E-state index contributed by atoms with van der Waals surface area (Å²) in [5.74, 6) is 1.69. The van der Waals surface area contributed by atoms with Crippen LogP contribution in [0.3, 0.4) is 0 Å². The first kappa shape index (κ1) is 19.7. The van der Waals surface area contributed by atoms with Gasteiger partial charge < -0.3 is 14.2 Å². The molecule has 0 aliphatic carbocycles. The van der Waals surface area contributed by atoms with Crippen LogP contribution in [0.25, 0.3) is 11.3 Å². The standard InChI is InChI=1S/C21H22N2O4S/c1-13-5-7-16(9-14(13)2)27-11-20(24)23-21-22-17(12-28-21)15-6-8-18(25-3)19(10-15)26-4/h5-10,12H,11H2,1-4H3,(H,22,23,24). The summed E-state index contributed by atoms with van der Waals surface area (Å²) in [5, 5.41) is 5.16. The van der Waals surface area contributed by atoms with Crippen LogP contribution in [0.15, 0.2) is 41.8 Å². The maximum atomic E-state index is 12.2. The van der Waals surface area contributed by atoms with Crippen molar-refractivity contribution in [1.82, 2.24) is 4.98 Å². The molecule has 2 aromatic carbocycles. The molecule has 7 heteroatoms. The summed E-state index contributed by atoms with van der Waals surface area (Å²) < 4.78 is 16.1. The highest BCUT2D eigenvalue weighted by atomic mass is 32.1. The van der Waals surface area contributed by atoms with E-state index in [-0.39, 0.29) is 12.5 Å². The van der Waals surface area contributed by atoms with Crippen LogP contribution in [0.5, 0.6) is 17.2 Å². The van der Waals surface area contributed by atoms with E-state index in [1.807, 2.05) is 55.6 Å². The number of aryl methyl sites for hydroxylation is 2. The number of nitrogens with zero attached hydrogens (tertiary/aromatic N) is 1. The summed E-state index contributed by atoms with van der Waals surface area (Å²) in [5.41, 5.74) is 3.93. The molecule has 0 fully saturated rings. The summed E-state index contributed by atoms with van der Waals surface area (Å²) in [6, 6.07) is 11.3. The predicted octanol–water partition coefficient (Wildman–Crippen LogP) is 4.46. The molecular formula is C21H22N2O4S. The normalized spacial score (nSPS) is 10.4. The molecule has 0 atom stereocenters. The summed E-state index contributed by atoms with van der Waals surface area (Å²) in [4.78, 5) is 16.6. The second-order valence-corrected chi connectivity index (χ2v) is 7.05. The van der Waals surface area contributed by atoms with Crippen molar-refractivity contribution in [2.75, 3.05) is 26.1 Å². The Morgan fingerprint density at radius 2 is 1.82 bits per heavy atom. The Morgan fingerprint density at radius 3 is 2.54 bits per heavy atom. The predicted molar refractivity (Wildman–Crippen MR) is 111 cm³/mol. The first-order chi connectivity index (χ1) is 13.5. The Kier molecular flexibility index (Phi) is 6.16. The molecule has 3 aromatic rings. The van der Waals surface area contributed by atoms with Crippen molar-refractivity contribution < 1.29 is 19.0 Å². The molecule has 28 heavy (non-hydrogen) atoms. The first-order valence-corrected chi connectivity index (χ1v) is 9.56. The van der Waals surface area contributed by atoms with Crippen molar-refractivity contribution in [2.24, 2.45) is 0 Å². The van der Waals surface area contributed by atoms with E-state index in [0.29, 0.717) is 22.4 Å². The van der Waals surface area contributed by atoms with Gasteiger partial charge in [0.1, 0.15) is 5.75 Å². The van der Waals surface area contributed by atoms with Gasteiger partial charge in [0, 0.05) is 10.9 Å². The van der Waals surface area contributed by atoms with Gasteiger partial charge in [-0.2, -0.15) is 0 Å². The number of nitrogens with one attached hydrogen (secondary N) is 1. The van der Waals surface area contributed by atoms with E-state index in [9.17, 15) is 4.79 Å². The number of benzene rings is 2. The van der Waals surface area contributed by atoms with Gasteiger partial charge in [0.2, 0.25) is 0 Å². The molecule has 0 spiro atoms. The number of carbonyl (C=O) groups is 1. The lowest BCUT2D eigenvalue weighted by atomic mass is 10.1. The third kappa shape index (κ3) is 4.61. The highest BCUT2D eigenvalue weighted by Gasteiger charge is 2.11. The summed E-state index contributed by atoms with van der Waals surface area (Å²) in [7, 11) is 3.18. The lowest BCUT2D eigenvalue weighted by Crippen LogP contribution is -2.20. The summed E-state index contributed by atoms with van der Waals surface area (Å²) in [6.07, 6.45) is 0. The van der Waals surface area contributed by atoms with Crippen molar-refractivity contribution in [1.29, 1.82) is 0 Å². The molecule has 0 saturated heterocycles. The average molecular weight is 398 g/mol. The second kappa shape index (κ2) is 8.75. The van der Waals surface area contributed by atoms with Gasteiger partial charge >= 0.3 is 0 Å². The SMILES string of the molecule is COc1ccc(-c2csc(NC(=O)COc3ccc(C)c(C)c3)n2)cc1OC. The van der Waals surface area contributed by atoms with Crippen molar-refractivity contribution in [3.63, 3.8) is 0 Å².